The molecule has 1 aromatic heterocycles. The summed E-state index contributed by atoms with van der Waals surface area (Å²) in [4.78, 5) is 16.9. The maximum atomic E-state index is 11.4. The van der Waals surface area contributed by atoms with Crippen molar-refractivity contribution in [2.45, 2.75) is 20.0 Å². The lowest BCUT2D eigenvalue weighted by Gasteiger charge is -2.08. The average Bonchev–Trinajstić information content (AvgIpc) is 2.89. The van der Waals surface area contributed by atoms with Crippen molar-refractivity contribution in [3.8, 4) is 0 Å². The van der Waals surface area contributed by atoms with E-state index in [4.69, 9.17) is 10.6 Å². The van der Waals surface area contributed by atoms with Gasteiger partial charge in [-0.3, -0.25) is 10.2 Å². The lowest BCUT2D eigenvalue weighted by Crippen LogP contribution is -2.29. The molecule has 0 saturated heterocycles. The van der Waals surface area contributed by atoms with Crippen LogP contribution in [-0.2, 0) is 17.8 Å². The van der Waals surface area contributed by atoms with Gasteiger partial charge in [-0.25, -0.2) is 10.8 Å². The van der Waals surface area contributed by atoms with E-state index in [2.05, 4.69) is 26.3 Å². The summed E-state index contributed by atoms with van der Waals surface area (Å²) < 4.78 is 6.51. The van der Waals surface area contributed by atoms with Crippen molar-refractivity contribution in [1.29, 1.82) is 0 Å². The molecule has 0 aliphatic carbocycles. The molecule has 1 heterocycles. The number of nitrogens with two attached hydrogens (primary N) is 1. The van der Waals surface area contributed by atoms with Crippen molar-refractivity contribution < 1.29 is 9.53 Å². The van der Waals surface area contributed by atoms with Crippen LogP contribution in [0.3, 0.4) is 0 Å². The molecule has 0 radical (unpaired) electrons. The highest BCUT2D eigenvalue weighted by molar-refractivity contribution is 9.10. The number of carbonyl (C=O) groups is 1. The molecule has 1 amide bonds. The van der Waals surface area contributed by atoms with Gasteiger partial charge in [-0.05, 0) is 24.6 Å². The van der Waals surface area contributed by atoms with Crippen LogP contribution in [0.25, 0.3) is 0 Å². The van der Waals surface area contributed by atoms with Gasteiger partial charge in [0.05, 0.1) is 24.4 Å². The van der Waals surface area contributed by atoms with Crippen LogP contribution in [0.2, 0.25) is 0 Å². The van der Waals surface area contributed by atoms with Crippen LogP contribution in [0.1, 0.15) is 26.5 Å². The second-order valence-corrected chi connectivity index (χ2v) is 6.24. The van der Waals surface area contributed by atoms with Gasteiger partial charge in [-0.2, -0.15) is 0 Å². The molecule has 7 heteroatoms. The van der Waals surface area contributed by atoms with Gasteiger partial charge in [0, 0.05) is 21.3 Å². The largest absolute Gasteiger partial charge is 0.376 e. The summed E-state index contributed by atoms with van der Waals surface area (Å²) in [6.45, 7) is 3.13. The lowest BCUT2D eigenvalue weighted by atomic mass is 10.1. The second-order valence-electron chi connectivity index (χ2n) is 4.44. The molecule has 0 unspecified atom stereocenters. The number of amides is 1. The second kappa shape index (κ2) is 7.65. The number of benzene rings is 1. The number of rotatable bonds is 6. The Balaban J connectivity index is 1.86. The van der Waals surface area contributed by atoms with E-state index in [-0.39, 0.29) is 5.91 Å². The number of hydrogen-bond acceptors (Lipinski definition) is 5. The van der Waals surface area contributed by atoms with Gasteiger partial charge in [-0.15, -0.1) is 11.3 Å². The first-order valence-corrected chi connectivity index (χ1v) is 8.05. The van der Waals surface area contributed by atoms with Crippen LogP contribution < -0.4 is 11.3 Å². The third kappa shape index (κ3) is 4.34. The Hall–Kier alpha value is -1.28. The van der Waals surface area contributed by atoms with Crippen LogP contribution >= 0.6 is 27.3 Å². The molecular weight excluding hydrogens is 354 g/mol. The number of nitrogen functional groups attached to an aromatic ring is 1. The van der Waals surface area contributed by atoms with Crippen molar-refractivity contribution in [3.63, 3.8) is 0 Å². The Kier molecular flexibility index (Phi) is 5.86. The van der Waals surface area contributed by atoms with Gasteiger partial charge in [0.15, 0.2) is 0 Å². The number of aryl methyl sites for hydroxylation is 1. The zero-order valence-electron chi connectivity index (χ0n) is 11.6. The highest BCUT2D eigenvalue weighted by Gasteiger charge is 2.07. The maximum Gasteiger partial charge on any atom is 0.265 e. The predicted molar refractivity (Wildman–Crippen MR) is 86.0 cm³/mol. The number of hydrazine groups is 1. The predicted octanol–water partition coefficient (Wildman–Crippen LogP) is 2.58. The lowest BCUT2D eigenvalue weighted by molar-refractivity contribution is 0.0953. The Morgan fingerprint density at radius 3 is 2.95 bits per heavy atom. The normalized spacial score (nSPS) is 10.6. The maximum absolute atomic E-state index is 11.4. The van der Waals surface area contributed by atoms with E-state index in [1.807, 2.05) is 18.5 Å². The first-order chi connectivity index (χ1) is 10.1. The van der Waals surface area contributed by atoms with Gasteiger partial charge in [0.2, 0.25) is 0 Å². The summed E-state index contributed by atoms with van der Waals surface area (Å²) in [5.41, 5.74) is 6.52. The Labute approximate surface area is 135 Å². The molecule has 112 valence electrons. The van der Waals surface area contributed by atoms with E-state index in [9.17, 15) is 4.79 Å². The van der Waals surface area contributed by atoms with Crippen LogP contribution in [0.4, 0.5) is 0 Å². The SMILES string of the molecule is Cc1ncsc1CCOCc1ccc(C(=O)NN)cc1Br. The summed E-state index contributed by atoms with van der Waals surface area (Å²) in [6.07, 6.45) is 0.863. The zero-order valence-corrected chi connectivity index (χ0v) is 14.0. The molecule has 0 aliphatic rings. The van der Waals surface area contributed by atoms with Crippen molar-refractivity contribution in [1.82, 2.24) is 10.4 Å². The minimum absolute atomic E-state index is 0.316. The summed E-state index contributed by atoms with van der Waals surface area (Å²) in [6, 6.07) is 5.31. The molecule has 0 fully saturated rings. The number of thiazole rings is 1. The average molecular weight is 370 g/mol. The van der Waals surface area contributed by atoms with E-state index in [0.29, 0.717) is 18.8 Å². The highest BCUT2D eigenvalue weighted by Crippen LogP contribution is 2.20. The molecule has 1 aromatic carbocycles. The number of carbonyl (C=O) groups excluding carboxylic acids is 1. The van der Waals surface area contributed by atoms with Gasteiger partial charge in [0.1, 0.15) is 0 Å². The summed E-state index contributed by atoms with van der Waals surface area (Å²) in [5, 5.41) is 0. The minimum Gasteiger partial charge on any atom is -0.376 e. The fourth-order valence-corrected chi connectivity index (χ4v) is 3.06. The highest BCUT2D eigenvalue weighted by atomic mass is 79.9. The van der Waals surface area contributed by atoms with E-state index in [1.165, 1.54) is 4.88 Å². The van der Waals surface area contributed by atoms with Crippen molar-refractivity contribution in [3.05, 3.63) is 49.9 Å². The molecule has 0 atom stereocenters. The number of hydrogen-bond donors (Lipinski definition) is 2. The zero-order chi connectivity index (χ0) is 15.2. The fraction of sp³-hybridized carbons (Fsp3) is 0.286. The van der Waals surface area contributed by atoms with Gasteiger partial charge < -0.3 is 4.74 Å². The van der Waals surface area contributed by atoms with Gasteiger partial charge >= 0.3 is 0 Å². The fourth-order valence-electron chi connectivity index (χ4n) is 1.80. The monoisotopic (exact) mass is 369 g/mol. The summed E-state index contributed by atoms with van der Waals surface area (Å²) in [7, 11) is 0. The first-order valence-electron chi connectivity index (χ1n) is 6.38. The molecule has 0 aliphatic heterocycles. The first kappa shape index (κ1) is 16.1. The van der Waals surface area contributed by atoms with Crippen LogP contribution in [-0.4, -0.2) is 17.5 Å². The standard InChI is InChI=1S/C14H16BrN3O2S/c1-9-13(21-8-17-9)4-5-20-7-11-3-2-10(6-12(11)15)14(19)18-16/h2-3,6,8H,4-5,7,16H2,1H3,(H,18,19). The Morgan fingerprint density at radius 2 is 2.33 bits per heavy atom. The molecule has 2 rings (SSSR count). The van der Waals surface area contributed by atoms with E-state index in [1.54, 1.807) is 23.5 Å². The third-order valence-electron chi connectivity index (χ3n) is 3.02. The van der Waals surface area contributed by atoms with Crippen molar-refractivity contribution in [2.24, 2.45) is 5.84 Å². The molecule has 0 spiro atoms. The topological polar surface area (TPSA) is 77.2 Å². The summed E-state index contributed by atoms with van der Waals surface area (Å²) >= 11 is 5.09. The summed E-state index contributed by atoms with van der Waals surface area (Å²) in [5.74, 6) is 4.79. The molecule has 0 saturated carbocycles. The molecule has 0 bridgehead atoms. The molecule has 5 nitrogen and oxygen atoms in total. The van der Waals surface area contributed by atoms with Crippen molar-refractivity contribution >= 4 is 33.2 Å². The van der Waals surface area contributed by atoms with Crippen LogP contribution in [0.15, 0.2) is 28.2 Å². The van der Waals surface area contributed by atoms with Crippen molar-refractivity contribution in [2.75, 3.05) is 6.61 Å². The molecule has 3 N–H and O–H groups in total. The third-order valence-corrected chi connectivity index (χ3v) is 4.76. The van der Waals surface area contributed by atoms with Crippen LogP contribution in [0, 0.1) is 6.92 Å². The number of nitrogens with one attached hydrogen (secondary N) is 1. The van der Waals surface area contributed by atoms with Crippen LogP contribution in [0.5, 0.6) is 0 Å². The molecule has 21 heavy (non-hydrogen) atoms. The number of ether oxygens (including phenoxy) is 1. The minimum atomic E-state index is -0.316. The molecular formula is C14H16BrN3O2S. The smallest absolute Gasteiger partial charge is 0.265 e. The Bertz CT molecular complexity index is 630. The van der Waals surface area contributed by atoms with Gasteiger partial charge in [0.25, 0.3) is 5.91 Å². The van der Waals surface area contributed by atoms with E-state index < -0.39 is 0 Å². The van der Waals surface area contributed by atoms with Gasteiger partial charge in [-0.1, -0.05) is 22.0 Å². The quantitative estimate of drug-likeness (QED) is 0.355. The number of nitrogens with zero attached hydrogens (tertiary/aromatic N) is 1. The Morgan fingerprint density at radius 1 is 1.52 bits per heavy atom. The van der Waals surface area contributed by atoms with E-state index >= 15 is 0 Å². The molecule has 2 aromatic rings. The van der Waals surface area contributed by atoms with E-state index in [0.717, 1.165) is 22.2 Å². The number of halogens is 1. The number of aromatic nitrogens is 1.